The summed E-state index contributed by atoms with van der Waals surface area (Å²) in [6.07, 6.45) is 4.30. The smallest absolute Gasteiger partial charge is 0.321 e. The van der Waals surface area contributed by atoms with Gasteiger partial charge in [0.05, 0.1) is 16.7 Å². The number of pyridine rings is 2. The van der Waals surface area contributed by atoms with Crippen LogP contribution in [-0.2, 0) is 17.4 Å². The molecule has 2 aromatic heterocycles. The van der Waals surface area contributed by atoms with Crippen molar-refractivity contribution >= 4 is 28.8 Å². The molecular formula is C14H16BrN2O3P. The number of hydrogen-bond acceptors (Lipinski definition) is 3. The second-order valence-electron chi connectivity index (χ2n) is 4.53. The van der Waals surface area contributed by atoms with Crippen LogP contribution < -0.4 is 5.30 Å². The number of halogens is 1. The van der Waals surface area contributed by atoms with Crippen molar-refractivity contribution < 1.29 is 14.4 Å². The Morgan fingerprint density at radius 3 is 2.10 bits per heavy atom. The molecule has 0 amide bonds. The molecule has 0 spiro atoms. The highest BCUT2D eigenvalue weighted by molar-refractivity contribution is 9.10. The van der Waals surface area contributed by atoms with Crippen LogP contribution in [0, 0.1) is 0 Å². The van der Waals surface area contributed by atoms with E-state index in [1.165, 1.54) is 12.3 Å². The fraction of sp³-hybridized carbons (Fsp3) is 0.286. The van der Waals surface area contributed by atoms with Crippen LogP contribution in [0.4, 0.5) is 0 Å². The van der Waals surface area contributed by atoms with Crippen LogP contribution in [0.15, 0.2) is 29.0 Å². The number of nitrogens with zero attached hydrogens (tertiary/aromatic N) is 2. The standard InChI is InChI=1S/C14H16BrN2O3P/c1-3-9-11(15)5-7-16-13(9)14-10(4-2)12(6-8-17-14)21(18,19)20/h5-8H,3-4H2,1-2H3,(H2,18,19,20). The van der Waals surface area contributed by atoms with E-state index in [9.17, 15) is 14.4 Å². The minimum absolute atomic E-state index is 0.0267. The van der Waals surface area contributed by atoms with Crippen molar-refractivity contribution in [3.05, 3.63) is 40.1 Å². The Hall–Kier alpha value is -1.07. The van der Waals surface area contributed by atoms with Crippen LogP contribution >= 0.6 is 23.5 Å². The van der Waals surface area contributed by atoms with Gasteiger partial charge in [0.1, 0.15) is 0 Å². The Labute approximate surface area is 131 Å². The quantitative estimate of drug-likeness (QED) is 0.808. The first kappa shape index (κ1) is 16.3. The molecule has 0 fully saturated rings. The van der Waals surface area contributed by atoms with Gasteiger partial charge in [-0.15, -0.1) is 0 Å². The maximum atomic E-state index is 11.7. The van der Waals surface area contributed by atoms with Gasteiger partial charge in [0.2, 0.25) is 0 Å². The van der Waals surface area contributed by atoms with E-state index in [0.29, 0.717) is 23.4 Å². The molecule has 0 aliphatic carbocycles. The first-order valence-electron chi connectivity index (χ1n) is 6.57. The topological polar surface area (TPSA) is 83.3 Å². The lowest BCUT2D eigenvalue weighted by atomic mass is 10.0. The molecule has 0 radical (unpaired) electrons. The van der Waals surface area contributed by atoms with E-state index in [-0.39, 0.29) is 5.30 Å². The average molecular weight is 371 g/mol. The van der Waals surface area contributed by atoms with Crippen LogP contribution in [0.1, 0.15) is 25.0 Å². The lowest BCUT2D eigenvalue weighted by Crippen LogP contribution is -2.14. The summed E-state index contributed by atoms with van der Waals surface area (Å²) >= 11 is 3.49. The Kier molecular flexibility index (Phi) is 4.94. The predicted octanol–water partition coefficient (Wildman–Crippen LogP) is 2.83. The largest absolute Gasteiger partial charge is 0.356 e. The Morgan fingerprint density at radius 2 is 1.57 bits per heavy atom. The van der Waals surface area contributed by atoms with Crippen molar-refractivity contribution in [1.29, 1.82) is 0 Å². The van der Waals surface area contributed by atoms with Crippen molar-refractivity contribution in [1.82, 2.24) is 9.97 Å². The van der Waals surface area contributed by atoms with Gasteiger partial charge >= 0.3 is 7.60 Å². The van der Waals surface area contributed by atoms with Crippen LogP contribution in [0.2, 0.25) is 0 Å². The van der Waals surface area contributed by atoms with Crippen LogP contribution in [0.5, 0.6) is 0 Å². The summed E-state index contributed by atoms with van der Waals surface area (Å²) in [5, 5.41) is 0.0267. The molecule has 0 aromatic carbocycles. The fourth-order valence-electron chi connectivity index (χ4n) is 2.32. The van der Waals surface area contributed by atoms with Crippen molar-refractivity contribution in [3.8, 4) is 11.4 Å². The van der Waals surface area contributed by atoms with Crippen molar-refractivity contribution in [2.45, 2.75) is 26.7 Å². The summed E-state index contributed by atoms with van der Waals surface area (Å²) in [7, 11) is -4.33. The third-order valence-electron chi connectivity index (χ3n) is 3.27. The summed E-state index contributed by atoms with van der Waals surface area (Å²) < 4.78 is 12.6. The Balaban J connectivity index is 2.77. The number of hydrogen-bond donors (Lipinski definition) is 2. The van der Waals surface area contributed by atoms with Gasteiger partial charge in [0, 0.05) is 16.9 Å². The van der Waals surface area contributed by atoms with Gasteiger partial charge in [-0.05, 0) is 36.1 Å². The van der Waals surface area contributed by atoms with Gasteiger partial charge in [0.15, 0.2) is 0 Å². The zero-order valence-corrected chi connectivity index (χ0v) is 14.2. The number of rotatable bonds is 4. The summed E-state index contributed by atoms with van der Waals surface area (Å²) in [5.74, 6) is 0. The van der Waals surface area contributed by atoms with Crippen LogP contribution in [0.3, 0.4) is 0 Å². The second kappa shape index (κ2) is 6.36. The van der Waals surface area contributed by atoms with Crippen molar-refractivity contribution in [2.24, 2.45) is 0 Å². The lowest BCUT2D eigenvalue weighted by Gasteiger charge is -2.15. The highest BCUT2D eigenvalue weighted by Crippen LogP contribution is 2.37. The molecule has 0 unspecified atom stereocenters. The third kappa shape index (κ3) is 3.24. The number of aromatic nitrogens is 2. The van der Waals surface area contributed by atoms with E-state index in [1.54, 1.807) is 6.20 Å². The fourth-order valence-corrected chi connectivity index (χ4v) is 3.78. The maximum absolute atomic E-state index is 11.7. The molecule has 2 N–H and O–H groups in total. The molecule has 0 aliphatic heterocycles. The maximum Gasteiger partial charge on any atom is 0.356 e. The van der Waals surface area contributed by atoms with E-state index in [1.807, 2.05) is 19.9 Å². The lowest BCUT2D eigenvalue weighted by molar-refractivity contribution is 0.387. The van der Waals surface area contributed by atoms with Gasteiger partial charge in [-0.1, -0.05) is 29.8 Å². The van der Waals surface area contributed by atoms with Crippen LogP contribution in [0.25, 0.3) is 11.4 Å². The van der Waals surface area contributed by atoms with Crippen molar-refractivity contribution in [3.63, 3.8) is 0 Å². The van der Waals surface area contributed by atoms with Gasteiger partial charge in [-0.2, -0.15) is 0 Å². The molecule has 112 valence electrons. The predicted molar refractivity (Wildman–Crippen MR) is 85.6 cm³/mol. The van der Waals surface area contributed by atoms with E-state index in [0.717, 1.165) is 16.5 Å². The monoisotopic (exact) mass is 370 g/mol. The highest BCUT2D eigenvalue weighted by atomic mass is 79.9. The van der Waals surface area contributed by atoms with Gasteiger partial charge < -0.3 is 9.79 Å². The normalized spacial score (nSPS) is 11.7. The molecule has 0 atom stereocenters. The van der Waals surface area contributed by atoms with E-state index < -0.39 is 7.60 Å². The van der Waals surface area contributed by atoms with Gasteiger partial charge in [-0.25, -0.2) is 0 Å². The SMILES string of the molecule is CCc1c(Br)ccnc1-c1nccc(P(=O)(O)O)c1CC. The molecule has 0 saturated carbocycles. The first-order valence-corrected chi connectivity index (χ1v) is 8.98. The molecule has 2 rings (SSSR count). The minimum Gasteiger partial charge on any atom is -0.321 e. The Morgan fingerprint density at radius 1 is 1.05 bits per heavy atom. The van der Waals surface area contributed by atoms with Crippen LogP contribution in [-0.4, -0.2) is 19.8 Å². The van der Waals surface area contributed by atoms with E-state index in [2.05, 4.69) is 25.9 Å². The molecule has 21 heavy (non-hydrogen) atoms. The van der Waals surface area contributed by atoms with Gasteiger partial charge in [-0.3, -0.25) is 14.5 Å². The first-order chi connectivity index (χ1) is 9.90. The molecule has 2 aromatic rings. The third-order valence-corrected chi connectivity index (χ3v) is 5.06. The molecule has 7 heteroatoms. The Bertz CT molecular complexity index is 715. The molecule has 0 saturated heterocycles. The summed E-state index contributed by atoms with van der Waals surface area (Å²) in [6.45, 7) is 3.85. The molecule has 5 nitrogen and oxygen atoms in total. The van der Waals surface area contributed by atoms with Crippen molar-refractivity contribution in [2.75, 3.05) is 0 Å². The van der Waals surface area contributed by atoms with Gasteiger partial charge in [0.25, 0.3) is 0 Å². The molecule has 0 bridgehead atoms. The molecule has 2 heterocycles. The summed E-state index contributed by atoms with van der Waals surface area (Å²) in [6, 6.07) is 3.23. The molecular weight excluding hydrogens is 355 g/mol. The van der Waals surface area contributed by atoms with E-state index >= 15 is 0 Å². The van der Waals surface area contributed by atoms with E-state index in [4.69, 9.17) is 0 Å². The highest BCUT2D eigenvalue weighted by Gasteiger charge is 2.25. The zero-order valence-electron chi connectivity index (χ0n) is 11.7. The molecule has 0 aliphatic rings. The minimum atomic E-state index is -4.33. The summed E-state index contributed by atoms with van der Waals surface area (Å²) in [4.78, 5) is 27.7. The zero-order chi connectivity index (χ0) is 15.6. The summed E-state index contributed by atoms with van der Waals surface area (Å²) in [5.41, 5.74) is 2.73. The second-order valence-corrected chi connectivity index (χ2v) is 6.95. The average Bonchev–Trinajstić information content (AvgIpc) is 2.45.